The van der Waals surface area contributed by atoms with Crippen LogP contribution in [0.15, 0.2) is 36.7 Å². The van der Waals surface area contributed by atoms with E-state index in [1.165, 1.54) is 6.08 Å². The zero-order valence-electron chi connectivity index (χ0n) is 12.8. The van der Waals surface area contributed by atoms with Crippen molar-refractivity contribution in [3.05, 3.63) is 42.2 Å². The Morgan fingerprint density at radius 2 is 1.96 bits per heavy atom. The number of anilines is 2. The number of benzene rings is 1. The van der Waals surface area contributed by atoms with Crippen molar-refractivity contribution in [3.8, 4) is 11.5 Å². The first kappa shape index (κ1) is 14.8. The van der Waals surface area contributed by atoms with Gasteiger partial charge in [0.1, 0.15) is 0 Å². The van der Waals surface area contributed by atoms with E-state index in [4.69, 9.17) is 9.47 Å². The topological polar surface area (TPSA) is 76.6 Å². The molecule has 7 heteroatoms. The lowest BCUT2D eigenvalue weighted by molar-refractivity contribution is -0.111. The van der Waals surface area contributed by atoms with Gasteiger partial charge in [-0.1, -0.05) is 6.07 Å². The third-order valence-electron chi connectivity index (χ3n) is 3.13. The van der Waals surface area contributed by atoms with Gasteiger partial charge < -0.3 is 19.7 Å². The molecule has 0 atom stereocenters. The summed E-state index contributed by atoms with van der Waals surface area (Å²) < 4.78 is 10.5. The smallest absolute Gasteiger partial charge is 0.248 e. The maximum atomic E-state index is 11.9. The molecule has 0 bridgehead atoms. The van der Waals surface area contributed by atoms with Gasteiger partial charge in [0.15, 0.2) is 11.5 Å². The molecule has 0 fully saturated rings. The molecule has 0 aliphatic carbocycles. The van der Waals surface area contributed by atoms with Crippen molar-refractivity contribution in [2.45, 2.75) is 0 Å². The fourth-order valence-electron chi connectivity index (χ4n) is 1.99. The molecule has 7 nitrogen and oxygen atoms in total. The third kappa shape index (κ3) is 3.57. The Hall–Kier alpha value is -3.09. The fourth-order valence-corrected chi connectivity index (χ4v) is 1.99. The van der Waals surface area contributed by atoms with Gasteiger partial charge >= 0.3 is 0 Å². The lowest BCUT2D eigenvalue weighted by atomic mass is 10.2. The molecule has 0 spiro atoms. The summed E-state index contributed by atoms with van der Waals surface area (Å²) >= 11 is 0. The van der Waals surface area contributed by atoms with Crippen molar-refractivity contribution in [2.24, 2.45) is 0 Å². The minimum atomic E-state index is -0.260. The first-order valence-corrected chi connectivity index (χ1v) is 7.00. The van der Waals surface area contributed by atoms with Crippen LogP contribution in [-0.2, 0) is 4.79 Å². The van der Waals surface area contributed by atoms with Gasteiger partial charge in [-0.25, -0.2) is 9.97 Å². The molecule has 1 aliphatic heterocycles. The zero-order valence-corrected chi connectivity index (χ0v) is 12.8. The molecular weight excluding hydrogens is 296 g/mol. The van der Waals surface area contributed by atoms with E-state index in [-0.39, 0.29) is 12.7 Å². The van der Waals surface area contributed by atoms with Crippen molar-refractivity contribution in [2.75, 3.05) is 31.1 Å². The van der Waals surface area contributed by atoms with Gasteiger partial charge in [0.05, 0.1) is 18.1 Å². The molecule has 2 aromatic rings. The quantitative estimate of drug-likeness (QED) is 0.869. The maximum absolute atomic E-state index is 11.9. The molecule has 0 saturated carbocycles. The SMILES string of the molecule is CN(C)c1ncc(NC(=O)/C=C/c2ccc3c(c2)OCO3)cn1. The van der Waals surface area contributed by atoms with Gasteiger partial charge in [-0.15, -0.1) is 0 Å². The van der Waals surface area contributed by atoms with Crippen LogP contribution in [0, 0.1) is 0 Å². The molecule has 2 heterocycles. The second-order valence-corrected chi connectivity index (χ2v) is 5.10. The van der Waals surface area contributed by atoms with E-state index in [1.807, 2.05) is 32.3 Å². The molecule has 0 unspecified atom stereocenters. The molecule has 3 rings (SSSR count). The summed E-state index contributed by atoms with van der Waals surface area (Å²) in [7, 11) is 3.70. The summed E-state index contributed by atoms with van der Waals surface area (Å²) in [6.07, 6.45) is 6.27. The molecule has 0 radical (unpaired) electrons. The molecule has 1 aromatic carbocycles. The molecule has 1 aromatic heterocycles. The molecule has 1 aliphatic rings. The third-order valence-corrected chi connectivity index (χ3v) is 3.13. The van der Waals surface area contributed by atoms with Gasteiger partial charge in [-0.05, 0) is 23.8 Å². The summed E-state index contributed by atoms with van der Waals surface area (Å²) in [5.41, 5.74) is 1.39. The van der Waals surface area contributed by atoms with Gasteiger partial charge in [0, 0.05) is 20.2 Å². The number of amides is 1. The van der Waals surface area contributed by atoms with Crippen LogP contribution in [0.1, 0.15) is 5.56 Å². The largest absolute Gasteiger partial charge is 0.454 e. The van der Waals surface area contributed by atoms with Crippen LogP contribution in [0.5, 0.6) is 11.5 Å². The van der Waals surface area contributed by atoms with Crippen molar-refractivity contribution < 1.29 is 14.3 Å². The highest BCUT2D eigenvalue weighted by Crippen LogP contribution is 2.32. The van der Waals surface area contributed by atoms with Crippen LogP contribution >= 0.6 is 0 Å². The molecule has 1 N–H and O–H groups in total. The number of hydrogen-bond donors (Lipinski definition) is 1. The molecular formula is C16H16N4O3. The second kappa shape index (κ2) is 6.35. The van der Waals surface area contributed by atoms with Crippen LogP contribution in [0.2, 0.25) is 0 Å². The first-order valence-electron chi connectivity index (χ1n) is 7.00. The van der Waals surface area contributed by atoms with Crippen LogP contribution in [-0.4, -0.2) is 36.8 Å². The Balaban J connectivity index is 1.62. The number of carbonyl (C=O) groups excluding carboxylic acids is 1. The van der Waals surface area contributed by atoms with Crippen LogP contribution in [0.3, 0.4) is 0 Å². The molecule has 23 heavy (non-hydrogen) atoms. The second-order valence-electron chi connectivity index (χ2n) is 5.10. The molecule has 1 amide bonds. The van der Waals surface area contributed by atoms with Gasteiger partial charge in [-0.3, -0.25) is 4.79 Å². The summed E-state index contributed by atoms with van der Waals surface area (Å²) in [5.74, 6) is 1.72. The predicted molar refractivity (Wildman–Crippen MR) is 86.6 cm³/mol. The zero-order chi connectivity index (χ0) is 16.2. The number of carbonyl (C=O) groups is 1. The van der Waals surface area contributed by atoms with E-state index in [0.29, 0.717) is 23.1 Å². The average Bonchev–Trinajstić information content (AvgIpc) is 3.01. The standard InChI is InChI=1S/C16H16N4O3/c1-20(2)16-17-8-12(9-18-16)19-15(21)6-4-11-3-5-13-14(7-11)23-10-22-13/h3-9H,10H2,1-2H3,(H,19,21)/b6-4+. The summed E-state index contributed by atoms with van der Waals surface area (Å²) in [5, 5.41) is 2.71. The van der Waals surface area contributed by atoms with Crippen molar-refractivity contribution in [3.63, 3.8) is 0 Å². The van der Waals surface area contributed by atoms with Crippen LogP contribution < -0.4 is 19.7 Å². The Labute approximate surface area is 133 Å². The Morgan fingerprint density at radius 3 is 2.70 bits per heavy atom. The summed E-state index contributed by atoms with van der Waals surface area (Å²) in [6.45, 7) is 0.228. The van der Waals surface area contributed by atoms with Crippen molar-refractivity contribution in [1.82, 2.24) is 9.97 Å². The van der Waals surface area contributed by atoms with E-state index in [1.54, 1.807) is 23.4 Å². The number of hydrogen-bond acceptors (Lipinski definition) is 6. The van der Waals surface area contributed by atoms with Crippen molar-refractivity contribution in [1.29, 1.82) is 0 Å². The van der Waals surface area contributed by atoms with E-state index in [2.05, 4.69) is 15.3 Å². The number of ether oxygens (including phenoxy) is 2. The number of rotatable bonds is 4. The number of nitrogens with one attached hydrogen (secondary N) is 1. The Kier molecular flexibility index (Phi) is 4.09. The normalized spacial score (nSPS) is 12.4. The summed E-state index contributed by atoms with van der Waals surface area (Å²) in [6, 6.07) is 5.49. The maximum Gasteiger partial charge on any atom is 0.248 e. The lowest BCUT2D eigenvalue weighted by Gasteiger charge is -2.09. The van der Waals surface area contributed by atoms with E-state index in [0.717, 1.165) is 5.56 Å². The Bertz CT molecular complexity index is 741. The summed E-state index contributed by atoms with van der Waals surface area (Å²) in [4.78, 5) is 22.0. The van der Waals surface area contributed by atoms with E-state index in [9.17, 15) is 4.79 Å². The number of fused-ring (bicyclic) bond motifs is 1. The highest BCUT2D eigenvalue weighted by Gasteiger charge is 2.12. The average molecular weight is 312 g/mol. The lowest BCUT2D eigenvalue weighted by Crippen LogP contribution is -2.13. The minimum Gasteiger partial charge on any atom is -0.454 e. The van der Waals surface area contributed by atoms with Crippen molar-refractivity contribution >= 4 is 23.6 Å². The van der Waals surface area contributed by atoms with Gasteiger partial charge in [0.25, 0.3) is 0 Å². The fraction of sp³-hybridized carbons (Fsp3) is 0.188. The van der Waals surface area contributed by atoms with Gasteiger partial charge in [0.2, 0.25) is 18.6 Å². The first-order chi connectivity index (χ1) is 11.1. The number of aromatic nitrogens is 2. The van der Waals surface area contributed by atoms with E-state index >= 15 is 0 Å². The highest BCUT2D eigenvalue weighted by atomic mass is 16.7. The van der Waals surface area contributed by atoms with Gasteiger partial charge in [-0.2, -0.15) is 0 Å². The number of nitrogens with zero attached hydrogens (tertiary/aromatic N) is 3. The Morgan fingerprint density at radius 1 is 1.22 bits per heavy atom. The predicted octanol–water partition coefficient (Wildman–Crippen LogP) is 1.92. The molecule has 118 valence electrons. The van der Waals surface area contributed by atoms with Crippen LogP contribution in [0.25, 0.3) is 6.08 Å². The highest BCUT2D eigenvalue weighted by molar-refractivity contribution is 6.01. The van der Waals surface area contributed by atoms with E-state index < -0.39 is 0 Å². The monoisotopic (exact) mass is 312 g/mol. The minimum absolute atomic E-state index is 0.228. The van der Waals surface area contributed by atoms with Crippen LogP contribution in [0.4, 0.5) is 11.6 Å². The molecule has 0 saturated heterocycles.